The second-order valence-corrected chi connectivity index (χ2v) is 4.52. The summed E-state index contributed by atoms with van der Waals surface area (Å²) in [6.45, 7) is 7.62. The van der Waals surface area contributed by atoms with Gasteiger partial charge in [-0.1, -0.05) is 32.4 Å². The van der Waals surface area contributed by atoms with Crippen LogP contribution in [0.2, 0.25) is 0 Å². The summed E-state index contributed by atoms with van der Waals surface area (Å²) in [5.41, 5.74) is 2.59. The van der Waals surface area contributed by atoms with Crippen LogP contribution in [0.3, 0.4) is 0 Å². The number of methoxy groups -OCH3 is 1. The van der Waals surface area contributed by atoms with E-state index in [9.17, 15) is 0 Å². The smallest absolute Gasteiger partial charge is 0.121 e. The van der Waals surface area contributed by atoms with E-state index in [-0.39, 0.29) is 0 Å². The molecule has 0 radical (unpaired) electrons. The number of nitrogens with one attached hydrogen (secondary N) is 1. The normalized spacial score (nSPS) is 12.5. The zero-order chi connectivity index (χ0) is 12.7. The summed E-state index contributed by atoms with van der Waals surface area (Å²) in [7, 11) is 1.72. The van der Waals surface area contributed by atoms with Crippen molar-refractivity contribution in [3.63, 3.8) is 0 Å². The lowest BCUT2D eigenvalue weighted by molar-refractivity contribution is 0.410. The largest absolute Gasteiger partial charge is 0.496 e. The number of aryl methyl sites for hydroxylation is 1. The molecule has 0 aromatic heterocycles. The molecule has 0 heterocycles. The number of rotatable bonds is 7. The van der Waals surface area contributed by atoms with E-state index in [0.717, 1.165) is 12.3 Å². The van der Waals surface area contributed by atoms with Crippen molar-refractivity contribution >= 4 is 0 Å². The lowest BCUT2D eigenvalue weighted by atomic mass is 10.00. The third-order valence-electron chi connectivity index (χ3n) is 3.04. The third-order valence-corrected chi connectivity index (χ3v) is 3.04. The monoisotopic (exact) mass is 235 g/mol. The fourth-order valence-corrected chi connectivity index (χ4v) is 2.11. The molecule has 0 aliphatic heterocycles. The molecular formula is C15H25NO. The molecule has 1 aromatic rings. The van der Waals surface area contributed by atoms with E-state index in [4.69, 9.17) is 4.74 Å². The Balaban J connectivity index is 2.82. The SMILES string of the molecule is CCCNC(CCC)c1ccc(OC)c(C)c1. The molecular weight excluding hydrogens is 210 g/mol. The Morgan fingerprint density at radius 1 is 1.24 bits per heavy atom. The Kier molecular flexibility index (Phi) is 6.06. The lowest BCUT2D eigenvalue weighted by Crippen LogP contribution is -2.22. The molecule has 1 unspecified atom stereocenters. The van der Waals surface area contributed by atoms with E-state index in [1.807, 2.05) is 0 Å². The first-order valence-corrected chi connectivity index (χ1v) is 6.60. The van der Waals surface area contributed by atoms with Crippen LogP contribution in [0.1, 0.15) is 50.3 Å². The molecule has 0 amide bonds. The van der Waals surface area contributed by atoms with E-state index in [1.54, 1.807) is 7.11 Å². The molecule has 1 atom stereocenters. The highest BCUT2D eigenvalue weighted by Gasteiger charge is 2.10. The van der Waals surface area contributed by atoms with Gasteiger partial charge in [0.2, 0.25) is 0 Å². The third kappa shape index (κ3) is 4.04. The van der Waals surface area contributed by atoms with Crippen LogP contribution in [0.5, 0.6) is 5.75 Å². The molecule has 1 N–H and O–H groups in total. The maximum atomic E-state index is 5.30. The number of hydrogen-bond donors (Lipinski definition) is 1. The van der Waals surface area contributed by atoms with Gasteiger partial charge < -0.3 is 10.1 Å². The topological polar surface area (TPSA) is 21.3 Å². The summed E-state index contributed by atoms with van der Waals surface area (Å²) < 4.78 is 5.30. The van der Waals surface area contributed by atoms with Crippen molar-refractivity contribution < 1.29 is 4.74 Å². The maximum Gasteiger partial charge on any atom is 0.121 e. The highest BCUT2D eigenvalue weighted by molar-refractivity contribution is 5.37. The van der Waals surface area contributed by atoms with Gasteiger partial charge in [-0.15, -0.1) is 0 Å². The number of ether oxygens (including phenoxy) is 1. The molecule has 0 fully saturated rings. The first-order valence-electron chi connectivity index (χ1n) is 6.60. The van der Waals surface area contributed by atoms with E-state index in [0.29, 0.717) is 6.04 Å². The lowest BCUT2D eigenvalue weighted by Gasteiger charge is -2.19. The van der Waals surface area contributed by atoms with Gasteiger partial charge in [-0.05, 0) is 43.5 Å². The van der Waals surface area contributed by atoms with Crippen molar-refractivity contribution in [2.24, 2.45) is 0 Å². The predicted molar refractivity (Wildman–Crippen MR) is 73.7 cm³/mol. The second-order valence-electron chi connectivity index (χ2n) is 4.52. The molecule has 0 aliphatic carbocycles. The molecule has 0 saturated heterocycles. The van der Waals surface area contributed by atoms with Gasteiger partial charge in [0, 0.05) is 6.04 Å². The van der Waals surface area contributed by atoms with Crippen LogP contribution in [0.4, 0.5) is 0 Å². The minimum absolute atomic E-state index is 0.476. The van der Waals surface area contributed by atoms with Gasteiger partial charge in [0.1, 0.15) is 5.75 Å². The van der Waals surface area contributed by atoms with Gasteiger partial charge in [-0.3, -0.25) is 0 Å². The van der Waals surface area contributed by atoms with Gasteiger partial charge in [0.25, 0.3) is 0 Å². The standard InChI is InChI=1S/C15H25NO/c1-5-7-14(16-10-6-2)13-8-9-15(17-4)12(3)11-13/h8-9,11,14,16H,5-7,10H2,1-4H3. The zero-order valence-corrected chi connectivity index (χ0v) is 11.5. The van der Waals surface area contributed by atoms with Crippen molar-refractivity contribution in [2.75, 3.05) is 13.7 Å². The zero-order valence-electron chi connectivity index (χ0n) is 11.5. The van der Waals surface area contributed by atoms with E-state index >= 15 is 0 Å². The van der Waals surface area contributed by atoms with Crippen LogP contribution in [0.25, 0.3) is 0 Å². The molecule has 0 aliphatic rings. The first kappa shape index (κ1) is 14.0. The highest BCUT2D eigenvalue weighted by atomic mass is 16.5. The first-order chi connectivity index (χ1) is 8.22. The highest BCUT2D eigenvalue weighted by Crippen LogP contribution is 2.24. The molecule has 1 aromatic carbocycles. The number of benzene rings is 1. The van der Waals surface area contributed by atoms with Crippen LogP contribution < -0.4 is 10.1 Å². The maximum absolute atomic E-state index is 5.30. The summed E-state index contributed by atoms with van der Waals surface area (Å²) in [6, 6.07) is 6.96. The Morgan fingerprint density at radius 3 is 2.53 bits per heavy atom. The van der Waals surface area contributed by atoms with Crippen molar-refractivity contribution in [3.05, 3.63) is 29.3 Å². The van der Waals surface area contributed by atoms with Crippen molar-refractivity contribution in [1.82, 2.24) is 5.32 Å². The molecule has 2 heteroatoms. The fourth-order valence-electron chi connectivity index (χ4n) is 2.11. The Morgan fingerprint density at radius 2 is 2.00 bits per heavy atom. The number of hydrogen-bond acceptors (Lipinski definition) is 2. The molecule has 96 valence electrons. The molecule has 17 heavy (non-hydrogen) atoms. The minimum atomic E-state index is 0.476. The van der Waals surface area contributed by atoms with Gasteiger partial charge in [-0.25, -0.2) is 0 Å². The van der Waals surface area contributed by atoms with Crippen LogP contribution in [-0.2, 0) is 0 Å². The predicted octanol–water partition coefficient (Wildman–Crippen LogP) is 3.84. The van der Waals surface area contributed by atoms with Gasteiger partial charge >= 0.3 is 0 Å². The quantitative estimate of drug-likeness (QED) is 0.775. The van der Waals surface area contributed by atoms with Gasteiger partial charge in [0.05, 0.1) is 7.11 Å². The molecule has 1 rings (SSSR count). The van der Waals surface area contributed by atoms with Crippen LogP contribution in [0.15, 0.2) is 18.2 Å². The molecule has 2 nitrogen and oxygen atoms in total. The van der Waals surface area contributed by atoms with Crippen molar-refractivity contribution in [1.29, 1.82) is 0 Å². The average molecular weight is 235 g/mol. The summed E-state index contributed by atoms with van der Waals surface area (Å²) in [5.74, 6) is 0.972. The average Bonchev–Trinajstić information content (AvgIpc) is 2.34. The van der Waals surface area contributed by atoms with Crippen molar-refractivity contribution in [2.45, 2.75) is 46.1 Å². The fraction of sp³-hybridized carbons (Fsp3) is 0.600. The molecule has 0 saturated carbocycles. The summed E-state index contributed by atoms with van der Waals surface area (Å²) in [4.78, 5) is 0. The van der Waals surface area contributed by atoms with Gasteiger partial charge in [-0.2, -0.15) is 0 Å². The van der Waals surface area contributed by atoms with E-state index < -0.39 is 0 Å². The molecule has 0 bridgehead atoms. The van der Waals surface area contributed by atoms with Gasteiger partial charge in [0.15, 0.2) is 0 Å². The Hall–Kier alpha value is -1.02. The second kappa shape index (κ2) is 7.33. The van der Waals surface area contributed by atoms with E-state index in [2.05, 4.69) is 44.3 Å². The summed E-state index contributed by atoms with van der Waals surface area (Å²) >= 11 is 0. The van der Waals surface area contributed by atoms with Crippen LogP contribution in [-0.4, -0.2) is 13.7 Å². The Labute approximate surface area is 105 Å². The summed E-state index contributed by atoms with van der Waals surface area (Å²) in [5, 5.41) is 3.61. The van der Waals surface area contributed by atoms with Crippen LogP contribution >= 0.6 is 0 Å². The Bertz CT molecular complexity index is 336. The minimum Gasteiger partial charge on any atom is -0.496 e. The van der Waals surface area contributed by atoms with Crippen molar-refractivity contribution in [3.8, 4) is 5.75 Å². The van der Waals surface area contributed by atoms with E-state index in [1.165, 1.54) is 30.4 Å². The van der Waals surface area contributed by atoms with Crippen LogP contribution in [0, 0.1) is 6.92 Å². The summed E-state index contributed by atoms with van der Waals surface area (Å²) in [6.07, 6.45) is 3.56. The molecule has 0 spiro atoms.